The Morgan fingerprint density at radius 2 is 2.24 bits per heavy atom. The van der Waals surface area contributed by atoms with Crippen molar-refractivity contribution in [1.29, 1.82) is 0 Å². The molecule has 0 bridgehead atoms. The van der Waals surface area contributed by atoms with Crippen LogP contribution in [0.2, 0.25) is 0 Å². The summed E-state index contributed by atoms with van der Waals surface area (Å²) in [7, 11) is 0. The first-order chi connectivity index (χ1) is 8.19. The van der Waals surface area contributed by atoms with Crippen molar-refractivity contribution in [3.05, 3.63) is 42.2 Å². The van der Waals surface area contributed by atoms with Crippen molar-refractivity contribution in [2.75, 3.05) is 5.32 Å². The average molecular weight is 234 g/mol. The third-order valence-corrected chi connectivity index (χ3v) is 2.57. The molecular weight excluding hydrogens is 219 g/mol. The number of halogens is 1. The van der Waals surface area contributed by atoms with E-state index in [4.69, 9.17) is 0 Å². The van der Waals surface area contributed by atoms with Crippen LogP contribution in [0.3, 0.4) is 0 Å². The Bertz CT molecular complexity index is 495. The number of hydrogen-bond donors (Lipinski definition) is 1. The van der Waals surface area contributed by atoms with E-state index in [1.54, 1.807) is 6.20 Å². The van der Waals surface area contributed by atoms with Crippen LogP contribution in [-0.2, 0) is 6.54 Å². The lowest BCUT2D eigenvalue weighted by Gasteiger charge is -2.12. The van der Waals surface area contributed by atoms with Crippen LogP contribution in [0.15, 0.2) is 30.9 Å². The number of nitrogens with one attached hydrogen (secondary N) is 1. The molecule has 17 heavy (non-hydrogen) atoms. The summed E-state index contributed by atoms with van der Waals surface area (Å²) in [6, 6.07) is 1.49. The minimum atomic E-state index is -0.341. The van der Waals surface area contributed by atoms with E-state index in [9.17, 15) is 4.39 Å². The van der Waals surface area contributed by atoms with Crippen molar-refractivity contribution in [3.63, 3.8) is 0 Å². The van der Waals surface area contributed by atoms with Gasteiger partial charge in [0.1, 0.15) is 5.82 Å². The molecule has 1 unspecified atom stereocenters. The van der Waals surface area contributed by atoms with Gasteiger partial charge in [-0.1, -0.05) is 0 Å². The summed E-state index contributed by atoms with van der Waals surface area (Å²) in [4.78, 5) is 3.79. The van der Waals surface area contributed by atoms with Gasteiger partial charge >= 0.3 is 0 Å². The zero-order chi connectivity index (χ0) is 12.3. The van der Waals surface area contributed by atoms with E-state index < -0.39 is 0 Å². The quantitative estimate of drug-likeness (QED) is 0.884. The highest BCUT2D eigenvalue weighted by Gasteiger charge is 2.08. The largest absolute Gasteiger partial charge is 0.377 e. The number of anilines is 1. The minimum absolute atomic E-state index is 0.0684. The molecule has 2 aromatic heterocycles. The van der Waals surface area contributed by atoms with Gasteiger partial charge in [0.15, 0.2) is 0 Å². The van der Waals surface area contributed by atoms with E-state index >= 15 is 0 Å². The molecule has 0 saturated heterocycles. The van der Waals surface area contributed by atoms with Gasteiger partial charge in [-0.25, -0.2) is 4.39 Å². The second-order valence-corrected chi connectivity index (χ2v) is 3.89. The maximum absolute atomic E-state index is 13.0. The molecule has 90 valence electrons. The molecule has 0 aliphatic heterocycles. The van der Waals surface area contributed by atoms with Gasteiger partial charge in [0.05, 0.1) is 30.3 Å². The molecule has 0 aromatic carbocycles. The van der Waals surface area contributed by atoms with Crippen LogP contribution in [-0.4, -0.2) is 14.8 Å². The number of aromatic nitrogens is 3. The summed E-state index contributed by atoms with van der Waals surface area (Å²) in [5, 5.41) is 7.38. The monoisotopic (exact) mass is 234 g/mol. The fourth-order valence-electron chi connectivity index (χ4n) is 1.60. The smallest absolute Gasteiger partial charge is 0.143 e. The van der Waals surface area contributed by atoms with Gasteiger partial charge in [-0.15, -0.1) is 0 Å². The number of rotatable bonds is 4. The summed E-state index contributed by atoms with van der Waals surface area (Å²) in [6.07, 6.45) is 6.58. The predicted octanol–water partition coefficient (Wildman–Crippen LogP) is 2.61. The van der Waals surface area contributed by atoms with Crippen LogP contribution in [0.1, 0.15) is 25.5 Å². The molecular formula is C12H15FN4. The number of aryl methyl sites for hydroxylation is 1. The van der Waals surface area contributed by atoms with Gasteiger partial charge in [0.2, 0.25) is 0 Å². The summed E-state index contributed by atoms with van der Waals surface area (Å²) < 4.78 is 14.8. The summed E-state index contributed by atoms with van der Waals surface area (Å²) in [6.45, 7) is 4.88. The third-order valence-electron chi connectivity index (χ3n) is 2.57. The standard InChI is InChI=1S/C12H15FN4/c1-3-17-8-10(5-15-17)9(2)16-12-4-11(13)6-14-7-12/h4-9,16H,3H2,1-2H3. The fraction of sp³-hybridized carbons (Fsp3) is 0.333. The van der Waals surface area contributed by atoms with E-state index in [0.29, 0.717) is 5.69 Å². The Hall–Kier alpha value is -1.91. The van der Waals surface area contributed by atoms with Crippen molar-refractivity contribution in [2.24, 2.45) is 0 Å². The van der Waals surface area contributed by atoms with Crippen LogP contribution in [0, 0.1) is 5.82 Å². The van der Waals surface area contributed by atoms with Gasteiger partial charge in [-0.3, -0.25) is 9.67 Å². The molecule has 0 radical (unpaired) electrons. The zero-order valence-corrected chi connectivity index (χ0v) is 9.89. The lowest BCUT2D eigenvalue weighted by atomic mass is 10.2. The predicted molar refractivity (Wildman–Crippen MR) is 64.1 cm³/mol. The first kappa shape index (κ1) is 11.6. The highest BCUT2D eigenvalue weighted by molar-refractivity contribution is 5.42. The molecule has 0 aliphatic carbocycles. The molecule has 1 N–H and O–H groups in total. The molecule has 2 rings (SSSR count). The zero-order valence-electron chi connectivity index (χ0n) is 9.89. The third kappa shape index (κ3) is 2.81. The molecule has 0 spiro atoms. The first-order valence-corrected chi connectivity index (χ1v) is 5.58. The summed E-state index contributed by atoms with van der Waals surface area (Å²) in [5.74, 6) is -0.341. The first-order valence-electron chi connectivity index (χ1n) is 5.58. The van der Waals surface area contributed by atoms with Crippen molar-refractivity contribution in [2.45, 2.75) is 26.4 Å². The Balaban J connectivity index is 2.08. The number of nitrogens with zero attached hydrogens (tertiary/aromatic N) is 3. The Morgan fingerprint density at radius 3 is 2.88 bits per heavy atom. The molecule has 5 heteroatoms. The molecule has 0 fully saturated rings. The Labute approximate surface area is 99.5 Å². The van der Waals surface area contributed by atoms with Gasteiger partial charge in [-0.2, -0.15) is 5.10 Å². The topological polar surface area (TPSA) is 42.7 Å². The maximum Gasteiger partial charge on any atom is 0.143 e. The van der Waals surface area contributed by atoms with Crippen LogP contribution in [0.4, 0.5) is 10.1 Å². The maximum atomic E-state index is 13.0. The van der Waals surface area contributed by atoms with Crippen LogP contribution in [0.5, 0.6) is 0 Å². The van der Waals surface area contributed by atoms with E-state index in [1.807, 2.05) is 30.9 Å². The molecule has 0 saturated carbocycles. The molecule has 0 amide bonds. The highest BCUT2D eigenvalue weighted by Crippen LogP contribution is 2.18. The lowest BCUT2D eigenvalue weighted by molar-refractivity contribution is 0.621. The normalized spacial score (nSPS) is 12.4. The average Bonchev–Trinajstić information content (AvgIpc) is 2.77. The summed E-state index contributed by atoms with van der Waals surface area (Å²) in [5.41, 5.74) is 1.73. The van der Waals surface area contributed by atoms with E-state index in [-0.39, 0.29) is 11.9 Å². The molecule has 0 aliphatic rings. The molecule has 2 heterocycles. The number of pyridine rings is 1. The SMILES string of the molecule is CCn1cc(C(C)Nc2cncc(F)c2)cn1. The van der Waals surface area contributed by atoms with Crippen LogP contribution < -0.4 is 5.32 Å². The van der Waals surface area contributed by atoms with Gasteiger partial charge in [0, 0.05) is 24.4 Å². The molecule has 2 aromatic rings. The summed E-state index contributed by atoms with van der Waals surface area (Å²) >= 11 is 0. The Morgan fingerprint density at radius 1 is 1.41 bits per heavy atom. The van der Waals surface area contributed by atoms with Crippen molar-refractivity contribution in [3.8, 4) is 0 Å². The van der Waals surface area contributed by atoms with E-state index in [0.717, 1.165) is 12.1 Å². The second kappa shape index (κ2) is 4.95. The lowest BCUT2D eigenvalue weighted by Crippen LogP contribution is -2.06. The van der Waals surface area contributed by atoms with Crippen LogP contribution in [0.25, 0.3) is 0 Å². The Kier molecular flexibility index (Phi) is 3.37. The minimum Gasteiger partial charge on any atom is -0.377 e. The van der Waals surface area contributed by atoms with Gasteiger partial charge < -0.3 is 5.32 Å². The van der Waals surface area contributed by atoms with Crippen LogP contribution >= 0.6 is 0 Å². The van der Waals surface area contributed by atoms with Gasteiger partial charge in [0.25, 0.3) is 0 Å². The molecule has 1 atom stereocenters. The highest BCUT2D eigenvalue weighted by atomic mass is 19.1. The second-order valence-electron chi connectivity index (χ2n) is 3.89. The molecule has 4 nitrogen and oxygen atoms in total. The fourth-order valence-corrected chi connectivity index (χ4v) is 1.60. The van der Waals surface area contributed by atoms with E-state index in [1.165, 1.54) is 12.3 Å². The van der Waals surface area contributed by atoms with Gasteiger partial charge in [-0.05, 0) is 13.8 Å². The van der Waals surface area contributed by atoms with Crippen molar-refractivity contribution in [1.82, 2.24) is 14.8 Å². The van der Waals surface area contributed by atoms with E-state index in [2.05, 4.69) is 15.4 Å². The number of hydrogen-bond acceptors (Lipinski definition) is 3. The van der Waals surface area contributed by atoms with Crippen molar-refractivity contribution >= 4 is 5.69 Å². The van der Waals surface area contributed by atoms with Crippen molar-refractivity contribution < 1.29 is 4.39 Å².